The van der Waals surface area contributed by atoms with Gasteiger partial charge < -0.3 is 10.4 Å². The molecule has 0 amide bonds. The highest BCUT2D eigenvalue weighted by atomic mass is 35.5. The highest BCUT2D eigenvalue weighted by Crippen LogP contribution is 2.51. The number of rotatable bonds is 2. The van der Waals surface area contributed by atoms with Crippen molar-refractivity contribution in [3.05, 3.63) is 75.3 Å². The number of hydrogen-bond donors (Lipinski definition) is 2. The third kappa shape index (κ3) is 2.40. The van der Waals surface area contributed by atoms with Gasteiger partial charge >= 0.3 is 5.97 Å². The second kappa shape index (κ2) is 5.83. The lowest BCUT2D eigenvalue weighted by Gasteiger charge is -2.38. The summed E-state index contributed by atoms with van der Waals surface area (Å²) in [4.78, 5) is 11.6. The molecule has 1 heterocycles. The lowest BCUT2D eigenvalue weighted by atomic mass is 9.76. The Hall–Kier alpha value is -1.97. The maximum absolute atomic E-state index is 11.6. The number of para-hydroxylation sites is 1. The first kappa shape index (κ1) is 15.6. The van der Waals surface area contributed by atoms with Gasteiger partial charge in [0.15, 0.2) is 0 Å². The van der Waals surface area contributed by atoms with E-state index >= 15 is 0 Å². The molecule has 1 aliphatic carbocycles. The van der Waals surface area contributed by atoms with E-state index < -0.39 is 5.97 Å². The number of nitrogens with one attached hydrogen (secondary N) is 1. The van der Waals surface area contributed by atoms with Gasteiger partial charge in [-0.3, -0.25) is 0 Å². The van der Waals surface area contributed by atoms with Gasteiger partial charge in [0, 0.05) is 16.0 Å². The van der Waals surface area contributed by atoms with E-state index in [0.29, 0.717) is 27.2 Å². The van der Waals surface area contributed by atoms with Crippen molar-refractivity contribution in [3.8, 4) is 0 Å². The minimum absolute atomic E-state index is 0.0530. The SMILES string of the molecule is O=C(O)c1cccc2c1N[C@@H](c1ccc(Cl)cc1Cl)[C@H]1CC=C[C@H]21. The number of carboxylic acid groups (broad SMARTS) is 1. The Kier molecular flexibility index (Phi) is 3.78. The summed E-state index contributed by atoms with van der Waals surface area (Å²) in [5.41, 5.74) is 2.97. The minimum Gasteiger partial charge on any atom is -0.478 e. The molecule has 0 saturated carbocycles. The van der Waals surface area contributed by atoms with Crippen LogP contribution in [-0.2, 0) is 0 Å². The smallest absolute Gasteiger partial charge is 0.337 e. The molecule has 1 aliphatic heterocycles. The fourth-order valence-electron chi connectivity index (χ4n) is 3.86. The van der Waals surface area contributed by atoms with Crippen LogP contribution in [0.2, 0.25) is 10.0 Å². The molecule has 2 aliphatic rings. The van der Waals surface area contributed by atoms with Gasteiger partial charge in [0.2, 0.25) is 0 Å². The second-order valence-corrected chi connectivity index (χ2v) is 7.06. The molecule has 5 heteroatoms. The maximum Gasteiger partial charge on any atom is 0.337 e. The van der Waals surface area contributed by atoms with Crippen LogP contribution in [0.25, 0.3) is 0 Å². The Morgan fingerprint density at radius 3 is 2.75 bits per heavy atom. The van der Waals surface area contributed by atoms with Crippen molar-refractivity contribution in [2.45, 2.75) is 18.4 Å². The van der Waals surface area contributed by atoms with Crippen LogP contribution < -0.4 is 5.32 Å². The monoisotopic (exact) mass is 359 g/mol. The Morgan fingerprint density at radius 2 is 2.00 bits per heavy atom. The summed E-state index contributed by atoms with van der Waals surface area (Å²) in [6.07, 6.45) is 5.27. The summed E-state index contributed by atoms with van der Waals surface area (Å²) in [5, 5.41) is 14.2. The minimum atomic E-state index is -0.930. The van der Waals surface area contributed by atoms with Crippen molar-refractivity contribution in [3.63, 3.8) is 0 Å². The number of carboxylic acids is 1. The number of anilines is 1. The van der Waals surface area contributed by atoms with Crippen LogP contribution in [0.15, 0.2) is 48.6 Å². The second-order valence-electron chi connectivity index (χ2n) is 6.22. The van der Waals surface area contributed by atoms with Crippen LogP contribution in [-0.4, -0.2) is 11.1 Å². The predicted octanol–water partition coefficient (Wildman–Crippen LogP) is 5.52. The molecule has 2 N–H and O–H groups in total. The summed E-state index contributed by atoms with van der Waals surface area (Å²) in [7, 11) is 0. The highest BCUT2D eigenvalue weighted by Gasteiger charge is 2.39. The van der Waals surface area contributed by atoms with Crippen molar-refractivity contribution < 1.29 is 9.90 Å². The summed E-state index contributed by atoms with van der Waals surface area (Å²) in [5.74, 6) is -0.432. The Balaban J connectivity index is 1.86. The Labute approximate surface area is 149 Å². The zero-order chi connectivity index (χ0) is 16.8. The fraction of sp³-hybridized carbons (Fsp3) is 0.211. The lowest BCUT2D eigenvalue weighted by Crippen LogP contribution is -2.30. The summed E-state index contributed by atoms with van der Waals surface area (Å²) in [6.45, 7) is 0. The third-order valence-electron chi connectivity index (χ3n) is 4.92. The van der Waals surface area contributed by atoms with Crippen molar-refractivity contribution in [1.29, 1.82) is 0 Å². The topological polar surface area (TPSA) is 49.3 Å². The molecule has 0 unspecified atom stereocenters. The van der Waals surface area contributed by atoms with Crippen LogP contribution in [0.5, 0.6) is 0 Å². The number of allylic oxidation sites excluding steroid dienone is 2. The van der Waals surface area contributed by atoms with Gasteiger partial charge in [0.25, 0.3) is 0 Å². The molecule has 2 aromatic rings. The van der Waals surface area contributed by atoms with Gasteiger partial charge in [0.05, 0.1) is 17.3 Å². The molecular weight excluding hydrogens is 345 g/mol. The summed E-state index contributed by atoms with van der Waals surface area (Å²) < 4.78 is 0. The molecule has 122 valence electrons. The van der Waals surface area contributed by atoms with Gasteiger partial charge in [-0.2, -0.15) is 0 Å². The number of aromatic carboxylic acids is 1. The lowest BCUT2D eigenvalue weighted by molar-refractivity contribution is 0.0697. The average molecular weight is 360 g/mol. The number of carbonyl (C=O) groups is 1. The molecule has 0 bridgehead atoms. The molecule has 3 nitrogen and oxygen atoms in total. The zero-order valence-electron chi connectivity index (χ0n) is 12.7. The van der Waals surface area contributed by atoms with Gasteiger partial charge in [-0.15, -0.1) is 0 Å². The molecule has 0 aromatic heterocycles. The van der Waals surface area contributed by atoms with Gasteiger partial charge in [0.1, 0.15) is 0 Å². The molecule has 0 spiro atoms. The maximum atomic E-state index is 11.6. The van der Waals surface area contributed by atoms with E-state index in [-0.39, 0.29) is 12.0 Å². The summed E-state index contributed by atoms with van der Waals surface area (Å²) in [6, 6.07) is 10.9. The normalized spacial score (nSPS) is 24.2. The van der Waals surface area contributed by atoms with E-state index in [0.717, 1.165) is 17.5 Å². The Bertz CT molecular complexity index is 862. The van der Waals surface area contributed by atoms with E-state index in [4.69, 9.17) is 23.2 Å². The van der Waals surface area contributed by atoms with Gasteiger partial charge in [-0.1, -0.05) is 53.6 Å². The quantitative estimate of drug-likeness (QED) is 0.694. The van der Waals surface area contributed by atoms with Gasteiger partial charge in [-0.25, -0.2) is 4.79 Å². The van der Waals surface area contributed by atoms with Crippen LogP contribution >= 0.6 is 23.2 Å². The molecular formula is C19H15Cl2NO2. The molecule has 2 aromatic carbocycles. The molecule has 4 rings (SSSR count). The molecule has 24 heavy (non-hydrogen) atoms. The van der Waals surface area contributed by atoms with Crippen LogP contribution in [0.3, 0.4) is 0 Å². The van der Waals surface area contributed by atoms with Crippen LogP contribution in [0.4, 0.5) is 5.69 Å². The van der Waals surface area contributed by atoms with Crippen molar-refractivity contribution in [1.82, 2.24) is 0 Å². The van der Waals surface area contributed by atoms with Crippen LogP contribution in [0, 0.1) is 5.92 Å². The van der Waals surface area contributed by atoms with E-state index in [1.165, 1.54) is 0 Å². The summed E-state index contributed by atoms with van der Waals surface area (Å²) >= 11 is 12.4. The number of benzene rings is 2. The fourth-order valence-corrected chi connectivity index (χ4v) is 4.39. The van der Waals surface area contributed by atoms with E-state index in [1.54, 1.807) is 12.1 Å². The van der Waals surface area contributed by atoms with Gasteiger partial charge in [-0.05, 0) is 41.7 Å². The first-order valence-corrected chi connectivity index (χ1v) is 8.56. The average Bonchev–Trinajstić information content (AvgIpc) is 3.03. The third-order valence-corrected chi connectivity index (χ3v) is 5.49. The molecule has 0 fully saturated rings. The van der Waals surface area contributed by atoms with Crippen LogP contribution in [0.1, 0.15) is 39.9 Å². The number of hydrogen-bond acceptors (Lipinski definition) is 2. The Morgan fingerprint density at radius 1 is 1.17 bits per heavy atom. The highest BCUT2D eigenvalue weighted by molar-refractivity contribution is 6.35. The number of fused-ring (bicyclic) bond motifs is 3. The van der Waals surface area contributed by atoms with Crippen molar-refractivity contribution in [2.24, 2.45) is 5.92 Å². The standard InChI is InChI=1S/C19H15Cl2NO2/c20-10-7-8-14(16(21)9-10)17-12-4-1-3-11(12)13-5-2-6-15(19(23)24)18(13)22-17/h1-3,5-9,11-12,17,22H,4H2,(H,23,24)/t11-,12-,17+/m0/s1. The largest absolute Gasteiger partial charge is 0.478 e. The number of halogens is 2. The predicted molar refractivity (Wildman–Crippen MR) is 96.2 cm³/mol. The van der Waals surface area contributed by atoms with E-state index in [9.17, 15) is 9.90 Å². The molecule has 3 atom stereocenters. The van der Waals surface area contributed by atoms with Crippen molar-refractivity contribution in [2.75, 3.05) is 5.32 Å². The molecule has 0 saturated heterocycles. The first-order chi connectivity index (χ1) is 11.6. The first-order valence-electron chi connectivity index (χ1n) is 7.80. The molecule has 0 radical (unpaired) electrons. The zero-order valence-corrected chi connectivity index (χ0v) is 14.2. The van der Waals surface area contributed by atoms with E-state index in [2.05, 4.69) is 17.5 Å². The van der Waals surface area contributed by atoms with E-state index in [1.807, 2.05) is 24.3 Å². The van der Waals surface area contributed by atoms with Crippen molar-refractivity contribution >= 4 is 34.9 Å².